The molecule has 1 heterocycles. The molecule has 3 aromatic rings. The second-order valence-electron chi connectivity index (χ2n) is 4.97. The molecule has 0 aliphatic heterocycles. The Hall–Kier alpha value is -2.75. The van der Waals surface area contributed by atoms with E-state index >= 15 is 0 Å². The van der Waals surface area contributed by atoms with E-state index in [1.807, 2.05) is 36.5 Å². The fraction of sp³-hybridized carbons (Fsp3) is 0.118. The van der Waals surface area contributed by atoms with E-state index in [-0.39, 0.29) is 0 Å². The molecule has 0 saturated carbocycles. The number of benzene rings is 2. The monoisotopic (exact) mass is 276 g/mol. The van der Waals surface area contributed by atoms with E-state index in [4.69, 9.17) is 0 Å². The van der Waals surface area contributed by atoms with Crippen molar-refractivity contribution in [2.24, 2.45) is 5.10 Å². The number of nitrogens with zero attached hydrogens (tertiary/aromatic N) is 4. The second kappa shape index (κ2) is 5.71. The summed E-state index contributed by atoms with van der Waals surface area (Å²) in [6.45, 7) is 4.15. The normalized spacial score (nSPS) is 11.1. The molecule has 4 heteroatoms. The molecule has 0 radical (unpaired) electrons. The van der Waals surface area contributed by atoms with Crippen LogP contribution >= 0.6 is 0 Å². The molecular weight excluding hydrogens is 260 g/mol. The first-order valence-corrected chi connectivity index (χ1v) is 6.81. The molecule has 3 rings (SSSR count). The largest absolute Gasteiger partial charge is 0.200 e. The van der Waals surface area contributed by atoms with Gasteiger partial charge in [0.05, 0.1) is 6.21 Å². The van der Waals surface area contributed by atoms with Gasteiger partial charge in [-0.05, 0) is 25.0 Å². The van der Waals surface area contributed by atoms with Crippen LogP contribution in [0.2, 0.25) is 0 Å². The summed E-state index contributed by atoms with van der Waals surface area (Å²) in [7, 11) is 0. The van der Waals surface area contributed by atoms with Crippen LogP contribution in [0.25, 0.3) is 11.4 Å². The molecule has 21 heavy (non-hydrogen) atoms. The molecular formula is C17H16N4. The van der Waals surface area contributed by atoms with Crippen LogP contribution in [0.15, 0.2) is 60.0 Å². The smallest absolute Gasteiger partial charge is 0.184 e. The highest BCUT2D eigenvalue weighted by Gasteiger charge is 2.05. The van der Waals surface area contributed by atoms with Gasteiger partial charge in [0.2, 0.25) is 0 Å². The van der Waals surface area contributed by atoms with Crippen molar-refractivity contribution < 1.29 is 0 Å². The van der Waals surface area contributed by atoms with Crippen LogP contribution in [0.3, 0.4) is 0 Å². The van der Waals surface area contributed by atoms with Crippen LogP contribution in [-0.2, 0) is 0 Å². The lowest BCUT2D eigenvalue weighted by molar-refractivity contribution is 0.887. The molecule has 104 valence electrons. The summed E-state index contributed by atoms with van der Waals surface area (Å²) < 4.78 is 1.69. The van der Waals surface area contributed by atoms with Crippen molar-refractivity contribution >= 4 is 6.21 Å². The van der Waals surface area contributed by atoms with Crippen LogP contribution in [0.4, 0.5) is 0 Å². The van der Waals surface area contributed by atoms with Crippen LogP contribution in [0, 0.1) is 13.8 Å². The first-order valence-electron chi connectivity index (χ1n) is 6.81. The average Bonchev–Trinajstić information content (AvgIpc) is 2.97. The predicted octanol–water partition coefficient (Wildman–Crippen LogP) is 3.44. The van der Waals surface area contributed by atoms with Crippen molar-refractivity contribution in [1.82, 2.24) is 14.9 Å². The topological polar surface area (TPSA) is 43.1 Å². The first-order chi connectivity index (χ1) is 10.2. The number of hydrogen-bond donors (Lipinski definition) is 0. The molecule has 0 fully saturated rings. The van der Waals surface area contributed by atoms with Crippen molar-refractivity contribution in [3.05, 3.63) is 71.5 Å². The highest BCUT2D eigenvalue weighted by molar-refractivity contribution is 5.82. The second-order valence-corrected chi connectivity index (χ2v) is 4.97. The minimum absolute atomic E-state index is 0.733. The molecule has 0 aliphatic rings. The third kappa shape index (κ3) is 2.89. The average molecular weight is 276 g/mol. The highest BCUT2D eigenvalue weighted by atomic mass is 15.4. The Labute approximate surface area is 123 Å². The standard InChI is InChI=1S/C17H16N4/c1-13-8-9-14(2)16(10-13)11-19-21-12-18-20-17(21)15-6-4-3-5-7-15/h3-12H,1-2H3/b19-11-. The summed E-state index contributed by atoms with van der Waals surface area (Å²) in [5, 5.41) is 12.6. The Kier molecular flexibility index (Phi) is 3.60. The van der Waals surface area contributed by atoms with Crippen LogP contribution in [0.1, 0.15) is 16.7 Å². The number of hydrogen-bond acceptors (Lipinski definition) is 3. The molecule has 2 aromatic carbocycles. The van der Waals surface area contributed by atoms with Gasteiger partial charge in [0, 0.05) is 5.56 Å². The molecule has 0 saturated heterocycles. The van der Waals surface area contributed by atoms with Crippen molar-refractivity contribution in [3.63, 3.8) is 0 Å². The van der Waals surface area contributed by atoms with Crippen LogP contribution in [-0.4, -0.2) is 21.1 Å². The zero-order chi connectivity index (χ0) is 14.7. The van der Waals surface area contributed by atoms with E-state index in [0.29, 0.717) is 0 Å². The molecule has 0 unspecified atom stereocenters. The maximum absolute atomic E-state index is 4.48. The zero-order valence-corrected chi connectivity index (χ0v) is 12.1. The Morgan fingerprint density at radius 3 is 2.67 bits per heavy atom. The summed E-state index contributed by atoms with van der Waals surface area (Å²) in [6.07, 6.45) is 3.46. The van der Waals surface area contributed by atoms with Gasteiger partial charge in [0.1, 0.15) is 6.33 Å². The molecule has 0 N–H and O–H groups in total. The van der Waals surface area contributed by atoms with Crippen LogP contribution in [0.5, 0.6) is 0 Å². The van der Waals surface area contributed by atoms with E-state index in [1.165, 1.54) is 11.1 Å². The van der Waals surface area contributed by atoms with Gasteiger partial charge < -0.3 is 0 Å². The third-order valence-electron chi connectivity index (χ3n) is 3.32. The van der Waals surface area contributed by atoms with Gasteiger partial charge in [0.25, 0.3) is 0 Å². The van der Waals surface area contributed by atoms with Crippen molar-refractivity contribution in [3.8, 4) is 11.4 Å². The van der Waals surface area contributed by atoms with Gasteiger partial charge in [0.15, 0.2) is 5.82 Å². The Balaban J connectivity index is 1.94. The van der Waals surface area contributed by atoms with Gasteiger partial charge in [-0.2, -0.15) is 9.78 Å². The Bertz CT molecular complexity index is 772. The molecule has 0 atom stereocenters. The fourth-order valence-electron chi connectivity index (χ4n) is 2.12. The SMILES string of the molecule is Cc1ccc(C)c(/C=N\n2cnnc2-c2ccccc2)c1. The maximum atomic E-state index is 4.48. The lowest BCUT2D eigenvalue weighted by atomic mass is 10.1. The van der Waals surface area contributed by atoms with Gasteiger partial charge >= 0.3 is 0 Å². The number of aromatic nitrogens is 3. The van der Waals surface area contributed by atoms with Crippen molar-refractivity contribution in [2.45, 2.75) is 13.8 Å². The Morgan fingerprint density at radius 1 is 1.05 bits per heavy atom. The molecule has 0 aliphatic carbocycles. The first kappa shape index (κ1) is 13.2. The summed E-state index contributed by atoms with van der Waals surface area (Å²) in [4.78, 5) is 0. The summed E-state index contributed by atoms with van der Waals surface area (Å²) in [6, 6.07) is 16.2. The van der Waals surface area contributed by atoms with Gasteiger partial charge in [-0.3, -0.25) is 0 Å². The molecule has 0 amide bonds. The third-order valence-corrected chi connectivity index (χ3v) is 3.32. The minimum atomic E-state index is 0.733. The zero-order valence-electron chi connectivity index (χ0n) is 12.1. The van der Waals surface area contributed by atoms with Crippen molar-refractivity contribution in [2.75, 3.05) is 0 Å². The summed E-state index contributed by atoms with van der Waals surface area (Å²) in [5.74, 6) is 0.733. The number of aryl methyl sites for hydroxylation is 2. The summed E-state index contributed by atoms with van der Waals surface area (Å²) >= 11 is 0. The maximum Gasteiger partial charge on any atom is 0.184 e. The van der Waals surface area contributed by atoms with E-state index in [0.717, 1.165) is 17.0 Å². The lowest BCUT2D eigenvalue weighted by Crippen LogP contribution is -1.95. The fourth-order valence-corrected chi connectivity index (χ4v) is 2.12. The van der Waals surface area contributed by atoms with E-state index in [9.17, 15) is 0 Å². The van der Waals surface area contributed by atoms with Gasteiger partial charge in [-0.1, -0.05) is 54.1 Å². The van der Waals surface area contributed by atoms with Crippen LogP contribution < -0.4 is 0 Å². The number of rotatable bonds is 3. The van der Waals surface area contributed by atoms with Crippen molar-refractivity contribution in [1.29, 1.82) is 0 Å². The lowest BCUT2D eigenvalue weighted by Gasteiger charge is -2.03. The minimum Gasteiger partial charge on any atom is -0.200 e. The summed E-state index contributed by atoms with van der Waals surface area (Å²) in [5.41, 5.74) is 4.50. The Morgan fingerprint density at radius 2 is 1.86 bits per heavy atom. The molecule has 1 aromatic heterocycles. The quantitative estimate of drug-likeness (QED) is 0.688. The predicted molar refractivity (Wildman–Crippen MR) is 84.4 cm³/mol. The van der Waals surface area contributed by atoms with E-state index < -0.39 is 0 Å². The molecule has 0 spiro atoms. The van der Waals surface area contributed by atoms with Gasteiger partial charge in [-0.15, -0.1) is 10.2 Å². The molecule has 0 bridgehead atoms. The van der Waals surface area contributed by atoms with E-state index in [1.54, 1.807) is 11.0 Å². The highest BCUT2D eigenvalue weighted by Crippen LogP contribution is 2.15. The van der Waals surface area contributed by atoms with Gasteiger partial charge in [-0.25, -0.2) is 0 Å². The van der Waals surface area contributed by atoms with E-state index in [2.05, 4.69) is 47.3 Å². The molecule has 4 nitrogen and oxygen atoms in total.